The molecule has 1 aliphatic heterocycles. The van der Waals surface area contributed by atoms with E-state index < -0.39 is 5.51 Å². The number of hydrogen-bond acceptors (Lipinski definition) is 2. The van der Waals surface area contributed by atoms with E-state index in [0.717, 1.165) is 11.1 Å². The predicted octanol–water partition coefficient (Wildman–Crippen LogP) is 5.40. The summed E-state index contributed by atoms with van der Waals surface area (Å²) in [7, 11) is 0. The molecule has 0 saturated heterocycles. The average molecular weight is 322 g/mol. The third-order valence-electron chi connectivity index (χ3n) is 3.41. The SMILES string of the molecule is Cc1cccc2c1OCC(SC(F)(F)F)=C2c1ccccc1. The third-order valence-corrected chi connectivity index (χ3v) is 4.21. The lowest BCUT2D eigenvalue weighted by Gasteiger charge is -2.25. The van der Waals surface area contributed by atoms with Crippen LogP contribution in [0, 0.1) is 6.92 Å². The fourth-order valence-corrected chi connectivity index (χ4v) is 3.27. The zero-order chi connectivity index (χ0) is 15.7. The number of alkyl halides is 3. The van der Waals surface area contributed by atoms with Crippen molar-refractivity contribution in [2.75, 3.05) is 6.61 Å². The molecule has 0 bridgehead atoms. The summed E-state index contributed by atoms with van der Waals surface area (Å²) in [5.41, 5.74) is -1.33. The molecule has 0 spiro atoms. The molecule has 0 unspecified atom stereocenters. The normalized spacial score (nSPS) is 14.5. The number of ether oxygens (including phenoxy) is 1. The molecule has 114 valence electrons. The van der Waals surface area contributed by atoms with Crippen LogP contribution in [0.1, 0.15) is 16.7 Å². The Labute approximate surface area is 130 Å². The Morgan fingerprint density at radius 3 is 2.41 bits per heavy atom. The largest absolute Gasteiger partial charge is 0.487 e. The lowest BCUT2D eigenvalue weighted by atomic mass is 9.94. The van der Waals surface area contributed by atoms with Crippen LogP contribution >= 0.6 is 11.8 Å². The van der Waals surface area contributed by atoms with Crippen LogP contribution < -0.4 is 4.74 Å². The van der Waals surface area contributed by atoms with E-state index in [1.54, 1.807) is 6.07 Å². The van der Waals surface area contributed by atoms with Crippen molar-refractivity contribution in [2.24, 2.45) is 0 Å². The van der Waals surface area contributed by atoms with Crippen LogP contribution in [0.15, 0.2) is 53.4 Å². The maximum Gasteiger partial charge on any atom is 0.446 e. The van der Waals surface area contributed by atoms with Gasteiger partial charge in [0.2, 0.25) is 0 Å². The van der Waals surface area contributed by atoms with Crippen LogP contribution in [0.25, 0.3) is 5.57 Å². The molecule has 0 radical (unpaired) electrons. The molecule has 0 aliphatic carbocycles. The molecule has 2 aromatic rings. The van der Waals surface area contributed by atoms with E-state index in [4.69, 9.17) is 4.74 Å². The second-order valence-electron chi connectivity index (χ2n) is 4.95. The summed E-state index contributed by atoms with van der Waals surface area (Å²) in [5, 5.41) is 0. The molecular weight excluding hydrogens is 309 g/mol. The highest BCUT2D eigenvalue weighted by Crippen LogP contribution is 2.46. The summed E-state index contributed by atoms with van der Waals surface area (Å²) in [6, 6.07) is 14.7. The molecule has 0 saturated carbocycles. The lowest BCUT2D eigenvalue weighted by Crippen LogP contribution is -2.14. The van der Waals surface area contributed by atoms with Crippen molar-refractivity contribution < 1.29 is 17.9 Å². The Balaban J connectivity index is 2.21. The van der Waals surface area contributed by atoms with E-state index in [1.807, 2.05) is 49.4 Å². The van der Waals surface area contributed by atoms with Gasteiger partial charge >= 0.3 is 5.51 Å². The van der Waals surface area contributed by atoms with E-state index >= 15 is 0 Å². The second kappa shape index (κ2) is 5.72. The lowest BCUT2D eigenvalue weighted by molar-refractivity contribution is -0.0323. The van der Waals surface area contributed by atoms with Crippen LogP contribution in [0.4, 0.5) is 13.2 Å². The van der Waals surface area contributed by atoms with Crippen LogP contribution in [0.5, 0.6) is 5.75 Å². The Morgan fingerprint density at radius 2 is 1.73 bits per heavy atom. The highest BCUT2D eigenvalue weighted by atomic mass is 32.2. The molecule has 0 aromatic heterocycles. The first-order chi connectivity index (χ1) is 10.5. The number of para-hydroxylation sites is 1. The Hall–Kier alpha value is -1.88. The van der Waals surface area contributed by atoms with Crippen LogP contribution in [0.2, 0.25) is 0 Å². The van der Waals surface area contributed by atoms with Gasteiger partial charge in [-0.1, -0.05) is 48.5 Å². The summed E-state index contributed by atoms with van der Waals surface area (Å²) in [6.45, 7) is 1.83. The van der Waals surface area contributed by atoms with E-state index in [0.29, 0.717) is 16.9 Å². The van der Waals surface area contributed by atoms with Crippen LogP contribution in [0.3, 0.4) is 0 Å². The molecule has 1 heterocycles. The van der Waals surface area contributed by atoms with Gasteiger partial charge in [0.1, 0.15) is 12.4 Å². The number of thioether (sulfide) groups is 1. The molecule has 22 heavy (non-hydrogen) atoms. The topological polar surface area (TPSA) is 9.23 Å². The molecule has 0 fully saturated rings. The van der Waals surface area contributed by atoms with Crippen molar-refractivity contribution >= 4 is 17.3 Å². The summed E-state index contributed by atoms with van der Waals surface area (Å²) in [6.07, 6.45) is 0. The fourth-order valence-electron chi connectivity index (χ4n) is 2.54. The molecule has 1 nitrogen and oxygen atoms in total. The fraction of sp³-hybridized carbons (Fsp3) is 0.176. The number of aryl methyl sites for hydroxylation is 1. The van der Waals surface area contributed by atoms with Crippen molar-refractivity contribution in [3.05, 3.63) is 70.1 Å². The third kappa shape index (κ3) is 2.99. The van der Waals surface area contributed by atoms with Gasteiger partial charge in [-0.3, -0.25) is 0 Å². The average Bonchev–Trinajstić information content (AvgIpc) is 2.46. The Morgan fingerprint density at radius 1 is 1.00 bits per heavy atom. The minimum absolute atomic E-state index is 0.0632. The monoisotopic (exact) mass is 322 g/mol. The van der Waals surface area contributed by atoms with E-state index in [2.05, 4.69) is 0 Å². The molecule has 0 N–H and O–H groups in total. The van der Waals surface area contributed by atoms with E-state index in [1.165, 1.54) is 0 Å². The maximum absolute atomic E-state index is 12.9. The second-order valence-corrected chi connectivity index (χ2v) is 6.11. The van der Waals surface area contributed by atoms with Gasteiger partial charge in [-0.2, -0.15) is 13.2 Å². The number of halogens is 3. The molecule has 0 amide bonds. The molecule has 0 atom stereocenters. The number of fused-ring (bicyclic) bond motifs is 1. The Kier molecular flexibility index (Phi) is 3.91. The first kappa shape index (κ1) is 15.0. The number of hydrogen-bond donors (Lipinski definition) is 0. The van der Waals surface area contributed by atoms with Gasteiger partial charge in [-0.25, -0.2) is 0 Å². The maximum atomic E-state index is 12.9. The number of rotatable bonds is 2. The quantitative estimate of drug-likeness (QED) is 0.732. The van der Waals surface area contributed by atoms with Crippen molar-refractivity contribution in [3.8, 4) is 5.75 Å². The van der Waals surface area contributed by atoms with Gasteiger partial charge in [0.05, 0.1) is 0 Å². The first-order valence-corrected chi connectivity index (χ1v) is 7.54. The van der Waals surface area contributed by atoms with Crippen molar-refractivity contribution in [1.82, 2.24) is 0 Å². The van der Waals surface area contributed by atoms with Gasteiger partial charge in [0.25, 0.3) is 0 Å². The highest BCUT2D eigenvalue weighted by Gasteiger charge is 2.34. The van der Waals surface area contributed by atoms with Crippen molar-refractivity contribution in [1.29, 1.82) is 0 Å². The van der Waals surface area contributed by atoms with Crippen LogP contribution in [-0.4, -0.2) is 12.1 Å². The number of benzene rings is 2. The van der Waals surface area contributed by atoms with Gasteiger partial charge < -0.3 is 4.74 Å². The van der Waals surface area contributed by atoms with Gasteiger partial charge in [-0.05, 0) is 29.8 Å². The summed E-state index contributed by atoms with van der Waals surface area (Å²) in [5.74, 6) is 0.660. The molecule has 3 rings (SSSR count). The summed E-state index contributed by atoms with van der Waals surface area (Å²) >= 11 is -0.0953. The minimum atomic E-state index is -4.33. The Bertz CT molecular complexity index is 720. The smallest absolute Gasteiger partial charge is 0.446 e. The standard InChI is InChI=1S/C17H13F3OS/c1-11-6-5-9-13-15(12-7-3-2-4-8-12)14(10-21-16(11)13)22-17(18,19)20/h2-9H,10H2,1H3. The van der Waals surface area contributed by atoms with Crippen molar-refractivity contribution in [3.63, 3.8) is 0 Å². The molecular formula is C17H13F3OS. The molecule has 5 heteroatoms. The van der Waals surface area contributed by atoms with Crippen LogP contribution in [-0.2, 0) is 0 Å². The van der Waals surface area contributed by atoms with Crippen molar-refractivity contribution in [2.45, 2.75) is 12.4 Å². The predicted molar refractivity (Wildman–Crippen MR) is 82.8 cm³/mol. The van der Waals surface area contributed by atoms with Gasteiger partial charge in [0.15, 0.2) is 0 Å². The van der Waals surface area contributed by atoms with Gasteiger partial charge in [0, 0.05) is 16.0 Å². The zero-order valence-corrected chi connectivity index (χ0v) is 12.6. The molecule has 1 aliphatic rings. The molecule has 2 aromatic carbocycles. The first-order valence-electron chi connectivity index (χ1n) is 6.73. The minimum Gasteiger partial charge on any atom is -0.487 e. The van der Waals surface area contributed by atoms with E-state index in [9.17, 15) is 13.2 Å². The summed E-state index contributed by atoms with van der Waals surface area (Å²) < 4.78 is 44.2. The summed E-state index contributed by atoms with van der Waals surface area (Å²) in [4.78, 5) is 0.191. The highest BCUT2D eigenvalue weighted by molar-refractivity contribution is 8.04. The van der Waals surface area contributed by atoms with E-state index in [-0.39, 0.29) is 23.3 Å². The van der Waals surface area contributed by atoms with Gasteiger partial charge in [-0.15, -0.1) is 0 Å². The zero-order valence-electron chi connectivity index (χ0n) is 11.8.